The monoisotopic (exact) mass is 380 g/mol. The first-order valence-electron chi connectivity index (χ1n) is 9.18. The Labute approximate surface area is 157 Å². The van der Waals surface area contributed by atoms with Gasteiger partial charge in [-0.15, -0.1) is 0 Å². The molecule has 0 radical (unpaired) electrons. The molecular weight excluding hydrogens is 359 g/mol. The molecule has 7 heteroatoms. The summed E-state index contributed by atoms with van der Waals surface area (Å²) in [6, 6.07) is 4.08. The molecule has 3 aliphatic heterocycles. The molecule has 3 aliphatic rings. The van der Waals surface area contributed by atoms with Crippen LogP contribution in [0.15, 0.2) is 18.2 Å². The van der Waals surface area contributed by atoms with Crippen molar-refractivity contribution in [3.05, 3.63) is 34.6 Å². The van der Waals surface area contributed by atoms with Crippen molar-refractivity contribution >= 4 is 23.4 Å². The second-order valence-corrected chi connectivity index (χ2v) is 7.73. The van der Waals surface area contributed by atoms with Crippen LogP contribution in [0.1, 0.15) is 36.0 Å². The van der Waals surface area contributed by atoms with Crippen molar-refractivity contribution in [3.63, 3.8) is 0 Å². The number of amides is 2. The van der Waals surface area contributed by atoms with E-state index in [1.54, 1.807) is 4.90 Å². The second kappa shape index (κ2) is 7.16. The highest BCUT2D eigenvalue weighted by Crippen LogP contribution is 2.35. The Hall–Kier alpha value is -1.66. The first kappa shape index (κ1) is 17.7. The SMILES string of the molecule is O=C1C[C@H]2[C@H](CCN2C(=O)c2c(F)cccc2Cl)N1CC1CCOCC1. The van der Waals surface area contributed by atoms with Crippen LogP contribution in [0.5, 0.6) is 0 Å². The predicted molar refractivity (Wildman–Crippen MR) is 94.5 cm³/mol. The van der Waals surface area contributed by atoms with Crippen molar-refractivity contribution in [2.24, 2.45) is 5.92 Å². The maximum atomic E-state index is 14.1. The lowest BCUT2D eigenvalue weighted by molar-refractivity contribution is -0.130. The van der Waals surface area contributed by atoms with E-state index in [9.17, 15) is 14.0 Å². The van der Waals surface area contributed by atoms with Crippen LogP contribution in [-0.4, -0.2) is 60.0 Å². The Kier molecular flexibility index (Phi) is 4.88. The number of carbonyl (C=O) groups is 2. The first-order valence-corrected chi connectivity index (χ1v) is 9.56. The summed E-state index contributed by atoms with van der Waals surface area (Å²) in [6.07, 6.45) is 2.98. The van der Waals surface area contributed by atoms with Crippen LogP contribution < -0.4 is 0 Å². The Bertz CT molecular complexity index is 702. The van der Waals surface area contributed by atoms with Crippen molar-refractivity contribution < 1.29 is 18.7 Å². The number of ether oxygens (including phenoxy) is 1. The van der Waals surface area contributed by atoms with Gasteiger partial charge in [-0.25, -0.2) is 4.39 Å². The van der Waals surface area contributed by atoms with Crippen LogP contribution in [-0.2, 0) is 9.53 Å². The quantitative estimate of drug-likeness (QED) is 0.810. The van der Waals surface area contributed by atoms with E-state index in [0.717, 1.165) is 39.0 Å². The van der Waals surface area contributed by atoms with Crippen molar-refractivity contribution in [2.45, 2.75) is 37.8 Å². The highest BCUT2D eigenvalue weighted by molar-refractivity contribution is 6.33. The van der Waals surface area contributed by atoms with Gasteiger partial charge in [0.2, 0.25) is 5.91 Å². The fraction of sp³-hybridized carbons (Fsp3) is 0.579. The molecule has 26 heavy (non-hydrogen) atoms. The standard InChI is InChI=1S/C19H22ClFN2O3/c20-13-2-1-3-14(21)18(13)19(25)22-7-4-15-16(22)10-17(24)23(15)11-12-5-8-26-9-6-12/h1-3,12,15-16H,4-11H2/t15-,16-/m0/s1. The zero-order valence-electron chi connectivity index (χ0n) is 14.5. The van der Waals surface area contributed by atoms with E-state index in [0.29, 0.717) is 18.9 Å². The number of likely N-dealkylation sites (tertiary alicyclic amines) is 2. The van der Waals surface area contributed by atoms with E-state index in [1.165, 1.54) is 18.2 Å². The minimum atomic E-state index is -0.616. The topological polar surface area (TPSA) is 49.9 Å². The molecule has 0 aliphatic carbocycles. The smallest absolute Gasteiger partial charge is 0.258 e. The molecule has 3 heterocycles. The summed E-state index contributed by atoms with van der Waals surface area (Å²) in [5.74, 6) is -0.489. The minimum Gasteiger partial charge on any atom is -0.381 e. The van der Waals surface area contributed by atoms with E-state index in [4.69, 9.17) is 16.3 Å². The lowest BCUT2D eigenvalue weighted by Gasteiger charge is -2.30. The van der Waals surface area contributed by atoms with Gasteiger partial charge in [0.05, 0.1) is 22.7 Å². The largest absolute Gasteiger partial charge is 0.381 e. The van der Waals surface area contributed by atoms with Crippen LogP contribution in [0.3, 0.4) is 0 Å². The summed E-state index contributed by atoms with van der Waals surface area (Å²) in [5, 5.41) is 0.113. The number of halogens is 2. The van der Waals surface area contributed by atoms with Crippen LogP contribution >= 0.6 is 11.6 Å². The molecule has 1 aromatic rings. The molecule has 140 valence electrons. The highest BCUT2D eigenvalue weighted by Gasteiger charge is 2.49. The molecule has 0 spiro atoms. The molecule has 5 nitrogen and oxygen atoms in total. The van der Waals surface area contributed by atoms with E-state index in [2.05, 4.69) is 0 Å². The first-order chi connectivity index (χ1) is 12.6. The third kappa shape index (κ3) is 3.09. The van der Waals surface area contributed by atoms with Crippen molar-refractivity contribution in [1.29, 1.82) is 0 Å². The summed E-state index contributed by atoms with van der Waals surface area (Å²) >= 11 is 6.06. The average molecular weight is 381 g/mol. The molecule has 0 unspecified atom stereocenters. The zero-order valence-corrected chi connectivity index (χ0v) is 15.3. The zero-order chi connectivity index (χ0) is 18.3. The minimum absolute atomic E-state index is 0.0276. The predicted octanol–water partition coefficient (Wildman–Crippen LogP) is 2.72. The van der Waals surface area contributed by atoms with Crippen LogP contribution in [0.4, 0.5) is 4.39 Å². The number of hydrogen-bond acceptors (Lipinski definition) is 3. The van der Waals surface area contributed by atoms with Gasteiger partial charge in [0.1, 0.15) is 5.82 Å². The maximum Gasteiger partial charge on any atom is 0.258 e. The van der Waals surface area contributed by atoms with Gasteiger partial charge in [-0.2, -0.15) is 0 Å². The van der Waals surface area contributed by atoms with Gasteiger partial charge in [-0.1, -0.05) is 17.7 Å². The maximum absolute atomic E-state index is 14.1. The van der Waals surface area contributed by atoms with Gasteiger partial charge >= 0.3 is 0 Å². The lowest BCUT2D eigenvalue weighted by Crippen LogP contribution is -2.42. The number of fused-ring (bicyclic) bond motifs is 1. The van der Waals surface area contributed by atoms with E-state index >= 15 is 0 Å². The highest BCUT2D eigenvalue weighted by atomic mass is 35.5. The van der Waals surface area contributed by atoms with Crippen LogP contribution in [0, 0.1) is 11.7 Å². The molecule has 0 N–H and O–H groups in total. The number of hydrogen-bond donors (Lipinski definition) is 0. The van der Waals surface area contributed by atoms with Crippen LogP contribution in [0.25, 0.3) is 0 Å². The van der Waals surface area contributed by atoms with Crippen molar-refractivity contribution in [1.82, 2.24) is 9.80 Å². The fourth-order valence-electron chi connectivity index (χ4n) is 4.47. The molecule has 0 saturated carbocycles. The lowest BCUT2D eigenvalue weighted by atomic mass is 9.99. The number of nitrogens with zero attached hydrogens (tertiary/aromatic N) is 2. The summed E-state index contributed by atoms with van der Waals surface area (Å²) in [4.78, 5) is 29.0. The summed E-state index contributed by atoms with van der Waals surface area (Å²) < 4.78 is 19.5. The van der Waals surface area contributed by atoms with Gasteiger partial charge in [-0.05, 0) is 37.3 Å². The third-order valence-electron chi connectivity index (χ3n) is 5.85. The van der Waals surface area contributed by atoms with Gasteiger partial charge in [0.15, 0.2) is 0 Å². The number of rotatable bonds is 3. The summed E-state index contributed by atoms with van der Waals surface area (Å²) in [7, 11) is 0. The average Bonchev–Trinajstić information content (AvgIpc) is 3.15. The summed E-state index contributed by atoms with van der Waals surface area (Å²) in [6.45, 7) is 2.75. The fourth-order valence-corrected chi connectivity index (χ4v) is 4.71. The Morgan fingerprint density at radius 2 is 2.00 bits per heavy atom. The molecule has 0 aromatic heterocycles. The normalized spacial score (nSPS) is 26.5. The molecule has 3 fully saturated rings. The number of carbonyl (C=O) groups excluding carboxylic acids is 2. The van der Waals surface area contributed by atoms with Crippen molar-refractivity contribution in [2.75, 3.05) is 26.3 Å². The van der Waals surface area contributed by atoms with Gasteiger partial charge < -0.3 is 14.5 Å². The Morgan fingerprint density at radius 3 is 2.73 bits per heavy atom. The van der Waals surface area contributed by atoms with Crippen LogP contribution in [0.2, 0.25) is 5.02 Å². The second-order valence-electron chi connectivity index (χ2n) is 7.32. The van der Waals surface area contributed by atoms with Crippen molar-refractivity contribution in [3.8, 4) is 0 Å². The molecule has 4 rings (SSSR count). The molecule has 0 bridgehead atoms. The van der Waals surface area contributed by atoms with E-state index in [1.807, 2.05) is 4.90 Å². The third-order valence-corrected chi connectivity index (χ3v) is 6.16. The van der Waals surface area contributed by atoms with Gasteiger partial charge in [0.25, 0.3) is 5.91 Å². The molecule has 3 saturated heterocycles. The number of benzene rings is 1. The molecule has 2 atom stereocenters. The Morgan fingerprint density at radius 1 is 1.23 bits per heavy atom. The van der Waals surface area contributed by atoms with Gasteiger partial charge in [0, 0.05) is 32.7 Å². The molecular formula is C19H22ClFN2O3. The molecule has 2 amide bonds. The van der Waals surface area contributed by atoms with E-state index in [-0.39, 0.29) is 28.6 Å². The van der Waals surface area contributed by atoms with Gasteiger partial charge in [-0.3, -0.25) is 9.59 Å². The Balaban J connectivity index is 1.50. The van der Waals surface area contributed by atoms with E-state index < -0.39 is 11.7 Å². The summed E-state index contributed by atoms with van der Waals surface area (Å²) in [5.41, 5.74) is -0.0925. The molecule has 1 aromatic carbocycles.